The molecule has 0 N–H and O–H groups in total. The van der Waals surface area contributed by atoms with Crippen molar-refractivity contribution in [2.75, 3.05) is 50.5 Å². The number of aryl methyl sites for hydroxylation is 1. The Kier molecular flexibility index (Phi) is 6.83. The fraction of sp³-hybridized carbons (Fsp3) is 0.364. The number of anilines is 1. The van der Waals surface area contributed by atoms with Crippen LogP contribution in [-0.2, 0) is 14.6 Å². The lowest BCUT2D eigenvalue weighted by molar-refractivity contribution is 0.0391. The van der Waals surface area contributed by atoms with Crippen LogP contribution in [0.2, 0.25) is 5.02 Å². The molecule has 0 radical (unpaired) electrons. The van der Waals surface area contributed by atoms with Gasteiger partial charge in [0.25, 0.3) is 5.91 Å². The lowest BCUT2D eigenvalue weighted by atomic mass is 10.2. The number of rotatable bonds is 6. The first-order chi connectivity index (χ1) is 15.2. The summed E-state index contributed by atoms with van der Waals surface area (Å²) in [5, 5.41) is 1.23. The molecule has 1 fully saturated rings. The van der Waals surface area contributed by atoms with Crippen LogP contribution in [0.25, 0.3) is 10.2 Å². The summed E-state index contributed by atoms with van der Waals surface area (Å²) in [6, 6.07) is 9.75. The molecule has 0 aliphatic carbocycles. The molecule has 7 nitrogen and oxygen atoms in total. The summed E-state index contributed by atoms with van der Waals surface area (Å²) in [4.78, 5) is 22.3. The molecule has 10 heteroatoms. The number of hydrogen-bond acceptors (Lipinski definition) is 7. The Hall–Kier alpha value is -2.04. The third-order valence-electron chi connectivity index (χ3n) is 5.39. The molecule has 2 aromatic carbocycles. The largest absolute Gasteiger partial charge is 0.379 e. The first kappa shape index (κ1) is 23.1. The van der Waals surface area contributed by atoms with Gasteiger partial charge in [-0.15, -0.1) is 0 Å². The summed E-state index contributed by atoms with van der Waals surface area (Å²) in [5.41, 5.74) is 2.19. The Morgan fingerprint density at radius 3 is 2.56 bits per heavy atom. The number of amides is 1. The van der Waals surface area contributed by atoms with Crippen molar-refractivity contribution in [2.24, 2.45) is 0 Å². The van der Waals surface area contributed by atoms with Gasteiger partial charge in [0, 0.05) is 43.0 Å². The summed E-state index contributed by atoms with van der Waals surface area (Å²) in [7, 11) is -3.33. The van der Waals surface area contributed by atoms with Gasteiger partial charge in [-0.3, -0.25) is 14.6 Å². The molecule has 170 valence electrons. The van der Waals surface area contributed by atoms with E-state index in [9.17, 15) is 13.2 Å². The minimum Gasteiger partial charge on any atom is -0.379 e. The number of fused-ring (bicyclic) bond motifs is 1. The van der Waals surface area contributed by atoms with Crippen molar-refractivity contribution in [3.8, 4) is 0 Å². The van der Waals surface area contributed by atoms with Gasteiger partial charge in [0.2, 0.25) is 0 Å². The van der Waals surface area contributed by atoms with Gasteiger partial charge in [-0.25, -0.2) is 13.4 Å². The second-order valence-electron chi connectivity index (χ2n) is 7.77. The lowest BCUT2D eigenvalue weighted by Gasteiger charge is -2.29. The van der Waals surface area contributed by atoms with E-state index in [2.05, 4.69) is 4.90 Å². The highest BCUT2D eigenvalue weighted by Gasteiger charge is 2.24. The molecule has 3 aromatic rings. The Bertz CT molecular complexity index is 1240. The van der Waals surface area contributed by atoms with Gasteiger partial charge in [-0.1, -0.05) is 22.9 Å². The van der Waals surface area contributed by atoms with Crippen molar-refractivity contribution in [1.29, 1.82) is 0 Å². The van der Waals surface area contributed by atoms with Crippen LogP contribution in [0.15, 0.2) is 41.3 Å². The molecule has 0 unspecified atom stereocenters. The minimum absolute atomic E-state index is 0.180. The van der Waals surface area contributed by atoms with Crippen molar-refractivity contribution in [3.63, 3.8) is 0 Å². The van der Waals surface area contributed by atoms with E-state index in [4.69, 9.17) is 21.3 Å². The maximum atomic E-state index is 13.5. The first-order valence-corrected chi connectivity index (χ1v) is 13.3. The zero-order valence-electron chi connectivity index (χ0n) is 17.9. The SMILES string of the molecule is Cc1cc(Cl)cc2sc(N(CCN3CCOCC3)C(=O)c3ccc(S(C)(=O)=O)cc3)nc12. The second kappa shape index (κ2) is 9.44. The maximum absolute atomic E-state index is 13.5. The van der Waals surface area contributed by atoms with Crippen LogP contribution < -0.4 is 4.90 Å². The zero-order valence-corrected chi connectivity index (χ0v) is 20.3. The predicted molar refractivity (Wildman–Crippen MR) is 128 cm³/mol. The van der Waals surface area contributed by atoms with E-state index in [0.717, 1.165) is 35.1 Å². The summed E-state index contributed by atoms with van der Waals surface area (Å²) in [6.07, 6.45) is 1.15. The van der Waals surface area contributed by atoms with E-state index in [-0.39, 0.29) is 10.8 Å². The molecule has 1 aliphatic heterocycles. The summed E-state index contributed by atoms with van der Waals surface area (Å²) < 4.78 is 29.9. The number of ether oxygens (including phenoxy) is 1. The Morgan fingerprint density at radius 2 is 1.91 bits per heavy atom. The third-order valence-corrected chi connectivity index (χ3v) is 7.76. The van der Waals surface area contributed by atoms with Crippen LogP contribution in [0.4, 0.5) is 5.13 Å². The molecule has 4 rings (SSSR count). The molecule has 2 heterocycles. The highest BCUT2D eigenvalue weighted by atomic mass is 35.5. The van der Waals surface area contributed by atoms with E-state index < -0.39 is 9.84 Å². The number of halogens is 1. The van der Waals surface area contributed by atoms with E-state index in [1.54, 1.807) is 17.0 Å². The van der Waals surface area contributed by atoms with E-state index in [0.29, 0.717) is 42.0 Å². The molecule has 0 bridgehead atoms. The average molecular weight is 494 g/mol. The number of carbonyl (C=O) groups is 1. The summed E-state index contributed by atoms with van der Waals surface area (Å²) in [5.74, 6) is -0.221. The smallest absolute Gasteiger partial charge is 0.260 e. The van der Waals surface area contributed by atoms with Crippen LogP contribution in [-0.4, -0.2) is 69.9 Å². The molecule has 0 spiro atoms. The maximum Gasteiger partial charge on any atom is 0.260 e. The minimum atomic E-state index is -3.33. The Labute approximate surface area is 196 Å². The fourth-order valence-electron chi connectivity index (χ4n) is 3.61. The van der Waals surface area contributed by atoms with Crippen LogP contribution in [0.1, 0.15) is 15.9 Å². The molecular formula is C22H24ClN3O4S2. The lowest BCUT2D eigenvalue weighted by Crippen LogP contribution is -2.43. The summed E-state index contributed by atoms with van der Waals surface area (Å²) >= 11 is 7.64. The van der Waals surface area contributed by atoms with Crippen molar-refractivity contribution in [1.82, 2.24) is 9.88 Å². The topological polar surface area (TPSA) is 79.8 Å². The van der Waals surface area contributed by atoms with Gasteiger partial charge < -0.3 is 4.74 Å². The number of hydrogen-bond donors (Lipinski definition) is 0. The van der Waals surface area contributed by atoms with Crippen LogP contribution in [0, 0.1) is 6.92 Å². The number of nitrogens with zero attached hydrogens (tertiary/aromatic N) is 3. The number of benzene rings is 2. The van der Waals surface area contributed by atoms with Gasteiger partial charge in [-0.2, -0.15) is 0 Å². The second-order valence-corrected chi connectivity index (χ2v) is 11.2. The molecule has 1 aliphatic rings. The van der Waals surface area contributed by atoms with Gasteiger partial charge in [0.05, 0.1) is 28.3 Å². The Balaban J connectivity index is 1.66. The third kappa shape index (κ3) is 5.13. The molecular weight excluding hydrogens is 470 g/mol. The summed E-state index contributed by atoms with van der Waals surface area (Å²) in [6.45, 7) is 6.09. The van der Waals surface area contributed by atoms with Crippen LogP contribution in [0.5, 0.6) is 0 Å². The van der Waals surface area contributed by atoms with Gasteiger partial charge in [-0.05, 0) is 48.9 Å². The molecule has 0 saturated carbocycles. The zero-order chi connectivity index (χ0) is 22.9. The quantitative estimate of drug-likeness (QED) is 0.521. The number of thiazole rings is 1. The molecule has 1 aromatic heterocycles. The van der Waals surface area contributed by atoms with E-state index in [1.807, 2.05) is 19.1 Å². The van der Waals surface area contributed by atoms with Crippen LogP contribution >= 0.6 is 22.9 Å². The fourth-order valence-corrected chi connectivity index (χ4v) is 5.68. The molecule has 1 amide bonds. The average Bonchev–Trinajstić information content (AvgIpc) is 3.18. The van der Waals surface area contributed by atoms with Crippen molar-refractivity contribution in [3.05, 3.63) is 52.5 Å². The van der Waals surface area contributed by atoms with Crippen molar-refractivity contribution >= 4 is 54.0 Å². The number of morpholine rings is 1. The normalized spacial score (nSPS) is 15.2. The van der Waals surface area contributed by atoms with Crippen LogP contribution in [0.3, 0.4) is 0 Å². The van der Waals surface area contributed by atoms with Gasteiger partial charge in [0.1, 0.15) is 0 Å². The standard InChI is InChI=1S/C22H24ClN3O4S2/c1-15-13-17(23)14-19-20(15)24-22(31-19)26(8-7-25-9-11-30-12-10-25)21(27)16-3-5-18(6-4-16)32(2,28)29/h3-6,13-14H,7-12H2,1-2H3. The first-order valence-electron chi connectivity index (χ1n) is 10.2. The number of carbonyl (C=O) groups excluding carboxylic acids is 1. The van der Waals surface area contributed by atoms with Gasteiger partial charge in [0.15, 0.2) is 15.0 Å². The molecule has 32 heavy (non-hydrogen) atoms. The highest BCUT2D eigenvalue weighted by Crippen LogP contribution is 2.33. The monoisotopic (exact) mass is 493 g/mol. The van der Waals surface area contributed by atoms with Gasteiger partial charge >= 0.3 is 0 Å². The Morgan fingerprint density at radius 1 is 1.22 bits per heavy atom. The number of aromatic nitrogens is 1. The van der Waals surface area contributed by atoms with E-state index >= 15 is 0 Å². The van der Waals surface area contributed by atoms with Crippen molar-refractivity contribution < 1.29 is 17.9 Å². The highest BCUT2D eigenvalue weighted by molar-refractivity contribution is 7.90. The molecule has 0 atom stereocenters. The van der Waals surface area contributed by atoms with Crippen molar-refractivity contribution in [2.45, 2.75) is 11.8 Å². The predicted octanol–water partition coefficient (Wildman–Crippen LogP) is 3.64. The number of sulfone groups is 1. The van der Waals surface area contributed by atoms with E-state index in [1.165, 1.54) is 23.5 Å². The molecule has 1 saturated heterocycles.